The summed E-state index contributed by atoms with van der Waals surface area (Å²) >= 11 is 0. The molecule has 0 bridgehead atoms. The van der Waals surface area contributed by atoms with E-state index in [0.717, 1.165) is 11.3 Å². The molecule has 2 aromatic rings. The number of morpholine rings is 1. The van der Waals surface area contributed by atoms with E-state index in [0.29, 0.717) is 19.6 Å². The normalized spacial score (nSPS) is 22.0. The van der Waals surface area contributed by atoms with E-state index < -0.39 is 0 Å². The van der Waals surface area contributed by atoms with Gasteiger partial charge < -0.3 is 15.0 Å². The molecule has 1 amide bonds. The van der Waals surface area contributed by atoms with Gasteiger partial charge in [0.15, 0.2) is 0 Å². The average Bonchev–Trinajstić information content (AvgIpc) is 3.13. The van der Waals surface area contributed by atoms with Crippen molar-refractivity contribution >= 4 is 5.91 Å². The molecule has 1 aromatic heterocycles. The largest absolute Gasteiger partial charge is 0.372 e. The quantitative estimate of drug-likeness (QED) is 0.905. The molecule has 1 aliphatic rings. The van der Waals surface area contributed by atoms with Gasteiger partial charge in [0.25, 0.3) is 0 Å². The van der Waals surface area contributed by atoms with Crippen molar-refractivity contribution in [1.29, 1.82) is 0 Å². The molecule has 0 radical (unpaired) electrons. The highest BCUT2D eigenvalue weighted by Crippen LogP contribution is 2.16. The van der Waals surface area contributed by atoms with Crippen LogP contribution in [0.4, 0.5) is 0 Å². The number of carbonyl (C=O) groups excluding carboxylic acids is 1. The summed E-state index contributed by atoms with van der Waals surface area (Å²) in [5.41, 5.74) is 2.17. The summed E-state index contributed by atoms with van der Waals surface area (Å²) in [6, 6.07) is 10.2. The highest BCUT2D eigenvalue weighted by Gasteiger charge is 2.25. The molecule has 25 heavy (non-hydrogen) atoms. The molecule has 134 valence electrons. The van der Waals surface area contributed by atoms with Gasteiger partial charge in [-0.3, -0.25) is 4.79 Å². The average molecular weight is 342 g/mol. The van der Waals surface area contributed by atoms with Crippen molar-refractivity contribution in [3.63, 3.8) is 0 Å². The van der Waals surface area contributed by atoms with Crippen LogP contribution in [0.3, 0.4) is 0 Å². The van der Waals surface area contributed by atoms with Crippen molar-refractivity contribution in [3.8, 4) is 5.69 Å². The Hall–Kier alpha value is -2.18. The van der Waals surface area contributed by atoms with E-state index in [1.165, 1.54) is 0 Å². The summed E-state index contributed by atoms with van der Waals surface area (Å²) in [7, 11) is 0. The van der Waals surface area contributed by atoms with Crippen LogP contribution in [0.1, 0.15) is 32.4 Å². The molecule has 0 saturated carbocycles. The fourth-order valence-corrected chi connectivity index (χ4v) is 3.19. The predicted molar refractivity (Wildman–Crippen MR) is 96.6 cm³/mol. The van der Waals surface area contributed by atoms with Gasteiger partial charge in [-0.25, -0.2) is 4.68 Å². The molecule has 1 aliphatic heterocycles. The zero-order chi connectivity index (χ0) is 17.8. The number of hydrogen-bond acceptors (Lipinski definition) is 4. The van der Waals surface area contributed by atoms with Crippen molar-refractivity contribution in [2.75, 3.05) is 19.6 Å². The monoisotopic (exact) mass is 342 g/mol. The van der Waals surface area contributed by atoms with Crippen LogP contribution in [0, 0.1) is 0 Å². The summed E-state index contributed by atoms with van der Waals surface area (Å²) in [6.45, 7) is 7.75. The third-order valence-corrected chi connectivity index (χ3v) is 4.49. The Balaban J connectivity index is 1.53. The maximum atomic E-state index is 12.4. The Morgan fingerprint density at radius 1 is 1.28 bits per heavy atom. The van der Waals surface area contributed by atoms with Crippen LogP contribution >= 0.6 is 0 Å². The Kier molecular flexibility index (Phi) is 5.50. The van der Waals surface area contributed by atoms with Crippen LogP contribution in [0.2, 0.25) is 0 Å². The van der Waals surface area contributed by atoms with E-state index in [2.05, 4.69) is 29.5 Å². The van der Waals surface area contributed by atoms with Crippen molar-refractivity contribution in [3.05, 3.63) is 48.3 Å². The molecule has 2 heterocycles. The molecular formula is C19H26N4O2. The molecular weight excluding hydrogens is 316 g/mol. The smallest absolute Gasteiger partial charge is 0.236 e. The van der Waals surface area contributed by atoms with Crippen molar-refractivity contribution in [2.45, 2.75) is 39.0 Å². The van der Waals surface area contributed by atoms with Gasteiger partial charge in [0.05, 0.1) is 24.4 Å². The molecule has 3 atom stereocenters. The third kappa shape index (κ3) is 4.46. The van der Waals surface area contributed by atoms with E-state index >= 15 is 0 Å². The van der Waals surface area contributed by atoms with Crippen LogP contribution in [0.5, 0.6) is 0 Å². The molecule has 1 fully saturated rings. The molecule has 1 N–H and O–H groups in total. The Bertz CT molecular complexity index is 674. The highest BCUT2D eigenvalue weighted by atomic mass is 16.5. The fourth-order valence-electron chi connectivity index (χ4n) is 3.19. The summed E-state index contributed by atoms with van der Waals surface area (Å²) in [6.07, 6.45) is 3.87. The molecule has 1 aromatic carbocycles. The van der Waals surface area contributed by atoms with E-state index in [1.807, 2.05) is 47.8 Å². The summed E-state index contributed by atoms with van der Waals surface area (Å²) in [5, 5.41) is 7.55. The number of rotatable bonds is 5. The molecule has 6 nitrogen and oxygen atoms in total. The number of hydrogen-bond donors (Lipinski definition) is 1. The van der Waals surface area contributed by atoms with Crippen LogP contribution in [0.25, 0.3) is 5.69 Å². The number of aromatic nitrogens is 2. The van der Waals surface area contributed by atoms with Crippen molar-refractivity contribution in [2.24, 2.45) is 0 Å². The predicted octanol–water partition coefficient (Wildman–Crippen LogP) is 2.16. The van der Waals surface area contributed by atoms with Gasteiger partial charge in [-0.15, -0.1) is 0 Å². The third-order valence-electron chi connectivity index (χ3n) is 4.49. The molecule has 3 rings (SSSR count). The number of ether oxygens (including phenoxy) is 1. The maximum absolute atomic E-state index is 12.4. The summed E-state index contributed by atoms with van der Waals surface area (Å²) in [4.78, 5) is 14.3. The first-order chi connectivity index (χ1) is 12.0. The standard InChI is InChI=1S/C19H26N4O2/c1-14-12-22(13-15(2)25-14)19(24)11-20-16(3)17-5-7-18(8-6-17)23-10-4-9-21-23/h4-10,14-16,20H,11-13H2,1-3H3/t14-,15-,16+/m1/s1. The van der Waals surface area contributed by atoms with E-state index in [1.54, 1.807) is 6.20 Å². The van der Waals surface area contributed by atoms with E-state index in [9.17, 15) is 4.79 Å². The lowest BCUT2D eigenvalue weighted by Crippen LogP contribution is -2.50. The second kappa shape index (κ2) is 7.80. The number of amides is 1. The second-order valence-electron chi connectivity index (χ2n) is 6.70. The molecule has 0 aliphatic carbocycles. The molecule has 6 heteroatoms. The lowest BCUT2D eigenvalue weighted by Gasteiger charge is -2.35. The number of nitrogens with zero attached hydrogens (tertiary/aromatic N) is 3. The molecule has 0 unspecified atom stereocenters. The fraction of sp³-hybridized carbons (Fsp3) is 0.474. The Morgan fingerprint density at radius 3 is 2.56 bits per heavy atom. The molecule has 1 saturated heterocycles. The van der Waals surface area contributed by atoms with Gasteiger partial charge in [-0.1, -0.05) is 12.1 Å². The first kappa shape index (κ1) is 17.6. The molecule has 0 spiro atoms. The van der Waals surface area contributed by atoms with Crippen molar-refractivity contribution < 1.29 is 9.53 Å². The zero-order valence-corrected chi connectivity index (χ0v) is 15.1. The SMILES string of the molecule is C[C@@H]1CN(C(=O)CN[C@@H](C)c2ccc(-n3cccn3)cc2)C[C@@H](C)O1. The summed E-state index contributed by atoms with van der Waals surface area (Å²) < 4.78 is 7.51. The minimum atomic E-state index is 0.0972. The van der Waals surface area contributed by atoms with Gasteiger partial charge in [0.2, 0.25) is 5.91 Å². The van der Waals surface area contributed by atoms with Crippen LogP contribution in [-0.4, -0.2) is 52.4 Å². The first-order valence-corrected chi connectivity index (χ1v) is 8.79. The Labute approximate surface area is 148 Å². The highest BCUT2D eigenvalue weighted by molar-refractivity contribution is 5.78. The van der Waals surface area contributed by atoms with Crippen LogP contribution in [0.15, 0.2) is 42.7 Å². The zero-order valence-electron chi connectivity index (χ0n) is 15.1. The van der Waals surface area contributed by atoms with Crippen LogP contribution in [-0.2, 0) is 9.53 Å². The van der Waals surface area contributed by atoms with Crippen LogP contribution < -0.4 is 5.32 Å². The number of benzene rings is 1. The van der Waals surface area contributed by atoms with Gasteiger partial charge in [-0.2, -0.15) is 5.10 Å². The lowest BCUT2D eigenvalue weighted by atomic mass is 10.1. The first-order valence-electron chi connectivity index (χ1n) is 8.79. The topological polar surface area (TPSA) is 59.4 Å². The minimum absolute atomic E-state index is 0.0972. The van der Waals surface area contributed by atoms with Gasteiger partial charge in [0.1, 0.15) is 0 Å². The van der Waals surface area contributed by atoms with Gasteiger partial charge >= 0.3 is 0 Å². The lowest BCUT2D eigenvalue weighted by molar-refractivity contribution is -0.142. The van der Waals surface area contributed by atoms with Crippen molar-refractivity contribution in [1.82, 2.24) is 20.0 Å². The number of nitrogens with one attached hydrogen (secondary N) is 1. The maximum Gasteiger partial charge on any atom is 0.236 e. The van der Waals surface area contributed by atoms with E-state index in [-0.39, 0.29) is 24.2 Å². The minimum Gasteiger partial charge on any atom is -0.372 e. The second-order valence-corrected chi connectivity index (χ2v) is 6.70. The van der Waals surface area contributed by atoms with Gasteiger partial charge in [-0.05, 0) is 44.5 Å². The number of carbonyl (C=O) groups is 1. The van der Waals surface area contributed by atoms with E-state index in [4.69, 9.17) is 4.74 Å². The summed E-state index contributed by atoms with van der Waals surface area (Å²) in [5.74, 6) is 0.127. The van der Waals surface area contributed by atoms with Gasteiger partial charge in [0, 0.05) is 31.5 Å². The Morgan fingerprint density at radius 2 is 1.96 bits per heavy atom.